The molecule has 5 rings (SSSR count). The fourth-order valence-electron chi connectivity index (χ4n) is 6.42. The first kappa shape index (κ1) is 31.7. The van der Waals surface area contributed by atoms with Crippen molar-refractivity contribution in [2.24, 2.45) is 11.8 Å². The van der Waals surface area contributed by atoms with E-state index in [9.17, 15) is 19.5 Å². The molecule has 0 spiro atoms. The lowest BCUT2D eigenvalue weighted by Gasteiger charge is -2.44. The van der Waals surface area contributed by atoms with Crippen LogP contribution in [0.1, 0.15) is 52.6 Å². The number of nitrogens with one attached hydrogen (secondary N) is 2. The Labute approximate surface area is 264 Å². The number of ether oxygens (including phenoxy) is 1. The zero-order valence-corrected chi connectivity index (χ0v) is 26.4. The third kappa shape index (κ3) is 6.99. The number of benzene rings is 4. The van der Waals surface area contributed by atoms with Gasteiger partial charge in [-0.05, 0) is 75.1 Å². The van der Waals surface area contributed by atoms with Crippen LogP contribution in [-0.4, -0.2) is 28.3 Å². The average molecular weight is 605 g/mol. The van der Waals surface area contributed by atoms with Gasteiger partial charge in [0.05, 0.1) is 11.5 Å². The lowest BCUT2D eigenvalue weighted by molar-refractivity contribution is -0.150. The molecule has 0 radical (unpaired) electrons. The van der Waals surface area contributed by atoms with Crippen LogP contribution in [0.25, 0.3) is 0 Å². The number of amides is 2. The van der Waals surface area contributed by atoms with Gasteiger partial charge in [-0.25, -0.2) is 0 Å². The Morgan fingerprint density at radius 2 is 1.36 bits per heavy atom. The molecule has 3 N–H and O–H groups in total. The zero-order valence-electron chi connectivity index (χ0n) is 26.4. The molecule has 4 aromatic carbocycles. The summed E-state index contributed by atoms with van der Waals surface area (Å²) in [6.07, 6.45) is -0.355. The second-order valence-electron chi connectivity index (χ2n) is 12.4. The molecule has 0 saturated heterocycles. The Balaban J connectivity index is 1.60. The van der Waals surface area contributed by atoms with Crippen molar-refractivity contribution in [3.05, 3.63) is 124 Å². The second kappa shape index (κ2) is 13.1. The minimum absolute atomic E-state index is 0.244. The van der Waals surface area contributed by atoms with Crippen LogP contribution in [0.3, 0.4) is 0 Å². The molecular formula is C38H40N2O5. The molecule has 1 saturated carbocycles. The molecule has 1 aliphatic rings. The summed E-state index contributed by atoms with van der Waals surface area (Å²) in [6, 6.07) is 28.1. The third-order valence-electron chi connectivity index (χ3n) is 8.63. The number of para-hydroxylation sites is 1. The molecule has 4 aromatic rings. The first-order valence-electron chi connectivity index (χ1n) is 15.2. The van der Waals surface area contributed by atoms with Gasteiger partial charge in [0.1, 0.15) is 24.1 Å². The molecule has 0 aliphatic heterocycles. The quantitative estimate of drug-likeness (QED) is 0.192. The van der Waals surface area contributed by atoms with Crippen molar-refractivity contribution in [1.82, 2.24) is 0 Å². The van der Waals surface area contributed by atoms with Crippen LogP contribution >= 0.6 is 0 Å². The highest BCUT2D eigenvalue weighted by Crippen LogP contribution is 2.49. The summed E-state index contributed by atoms with van der Waals surface area (Å²) >= 11 is 0. The van der Waals surface area contributed by atoms with E-state index in [1.165, 1.54) is 6.92 Å². The van der Waals surface area contributed by atoms with Gasteiger partial charge in [0.15, 0.2) is 0 Å². The molecule has 232 valence electrons. The molecule has 4 unspecified atom stereocenters. The summed E-state index contributed by atoms with van der Waals surface area (Å²) in [5.41, 5.74) is 4.69. The summed E-state index contributed by atoms with van der Waals surface area (Å²) in [6.45, 7) is 9.46. The highest BCUT2D eigenvalue weighted by molar-refractivity contribution is 6.10. The molecule has 0 heterocycles. The molecule has 0 aromatic heterocycles. The number of anilines is 2. The topological polar surface area (TPSA) is 105 Å². The maximum Gasteiger partial charge on any atom is 0.235 e. The summed E-state index contributed by atoms with van der Waals surface area (Å²) < 4.78 is 6.28. The van der Waals surface area contributed by atoms with Gasteiger partial charge >= 0.3 is 0 Å². The van der Waals surface area contributed by atoms with Gasteiger partial charge in [0.25, 0.3) is 0 Å². The number of aryl methyl sites for hydroxylation is 4. The van der Waals surface area contributed by atoms with Crippen LogP contribution in [0.2, 0.25) is 0 Å². The predicted molar refractivity (Wildman–Crippen MR) is 176 cm³/mol. The van der Waals surface area contributed by atoms with Gasteiger partial charge in [-0.2, -0.15) is 0 Å². The highest BCUT2D eigenvalue weighted by Gasteiger charge is 2.56. The fraction of sp³-hybridized carbons (Fsp3) is 0.289. The average Bonchev–Trinajstić information content (AvgIpc) is 2.98. The van der Waals surface area contributed by atoms with Crippen molar-refractivity contribution in [3.63, 3.8) is 0 Å². The van der Waals surface area contributed by atoms with Gasteiger partial charge in [0, 0.05) is 23.7 Å². The van der Waals surface area contributed by atoms with Crippen molar-refractivity contribution in [1.29, 1.82) is 0 Å². The number of hydrogen-bond acceptors (Lipinski definition) is 5. The van der Waals surface area contributed by atoms with Crippen LogP contribution in [0, 0.1) is 39.5 Å². The first-order valence-corrected chi connectivity index (χ1v) is 15.2. The van der Waals surface area contributed by atoms with Gasteiger partial charge in [-0.1, -0.05) is 83.9 Å². The van der Waals surface area contributed by atoms with E-state index >= 15 is 0 Å². The normalized spacial score (nSPS) is 21.2. The Morgan fingerprint density at radius 1 is 0.800 bits per heavy atom. The molecule has 1 aliphatic carbocycles. The standard InChI is InChI=1S/C38H40N2O5/c1-23-15-17-29(25(3)19-23)39-36(42)34-31(41)21-38(5,44)35(37(43)40-30-18-16-24(2)20-26(30)4)33(34)28-13-9-10-14-32(28)45-22-27-11-7-6-8-12-27/h6-20,33-35,44H,21-22H2,1-5H3,(H,39,42)(H,40,43). The van der Waals surface area contributed by atoms with Crippen LogP contribution in [0.5, 0.6) is 5.75 Å². The van der Waals surface area contributed by atoms with E-state index in [2.05, 4.69) is 10.6 Å². The highest BCUT2D eigenvalue weighted by atomic mass is 16.5. The first-order chi connectivity index (χ1) is 21.4. The minimum atomic E-state index is -1.74. The fourth-order valence-corrected chi connectivity index (χ4v) is 6.42. The molecule has 45 heavy (non-hydrogen) atoms. The molecule has 7 nitrogen and oxygen atoms in total. The second-order valence-corrected chi connectivity index (χ2v) is 12.4. The summed E-state index contributed by atoms with van der Waals surface area (Å²) in [5.74, 6) is -4.47. The largest absolute Gasteiger partial charge is 0.489 e. The Bertz CT molecular complexity index is 1730. The van der Waals surface area contributed by atoms with Crippen LogP contribution in [0.15, 0.2) is 91.0 Å². The smallest absolute Gasteiger partial charge is 0.235 e. The summed E-state index contributed by atoms with van der Waals surface area (Å²) in [4.78, 5) is 42.3. The van der Waals surface area contributed by atoms with Crippen molar-refractivity contribution < 1.29 is 24.2 Å². The minimum Gasteiger partial charge on any atom is -0.489 e. The Hall–Kier alpha value is -4.75. The number of hydrogen-bond donors (Lipinski definition) is 3. The van der Waals surface area contributed by atoms with Gasteiger partial charge in [-0.15, -0.1) is 0 Å². The maximum atomic E-state index is 14.3. The SMILES string of the molecule is Cc1ccc(NC(=O)C2C(=O)CC(C)(O)C(C(=O)Nc3ccc(C)cc3C)C2c2ccccc2OCc2ccccc2)c(C)c1. The number of ketones is 1. The maximum absolute atomic E-state index is 14.3. The van der Waals surface area contributed by atoms with Crippen molar-refractivity contribution in [2.75, 3.05) is 10.6 Å². The van der Waals surface area contributed by atoms with E-state index in [1.807, 2.05) is 100 Å². The Kier molecular flexibility index (Phi) is 9.21. The molecule has 7 heteroatoms. The molecule has 0 bridgehead atoms. The molecule has 4 atom stereocenters. The lowest BCUT2D eigenvalue weighted by Crippen LogP contribution is -2.56. The van der Waals surface area contributed by atoms with Crippen LogP contribution in [-0.2, 0) is 21.0 Å². The number of rotatable bonds is 8. The Morgan fingerprint density at radius 3 is 1.96 bits per heavy atom. The lowest BCUT2D eigenvalue weighted by atomic mass is 9.61. The van der Waals surface area contributed by atoms with Gasteiger partial charge in [-0.3, -0.25) is 14.4 Å². The van der Waals surface area contributed by atoms with E-state index in [4.69, 9.17) is 4.74 Å². The predicted octanol–water partition coefficient (Wildman–Crippen LogP) is 6.82. The van der Waals surface area contributed by atoms with Crippen LogP contribution in [0.4, 0.5) is 11.4 Å². The number of Topliss-reactive ketones (excluding diaryl/α,β-unsaturated/α-hetero) is 1. The van der Waals surface area contributed by atoms with E-state index < -0.39 is 41.0 Å². The van der Waals surface area contributed by atoms with E-state index in [-0.39, 0.29) is 13.0 Å². The van der Waals surface area contributed by atoms with E-state index in [0.717, 1.165) is 27.8 Å². The molecular weight excluding hydrogens is 564 g/mol. The van der Waals surface area contributed by atoms with Gasteiger partial charge in [0.2, 0.25) is 11.8 Å². The van der Waals surface area contributed by atoms with Gasteiger partial charge < -0.3 is 20.5 Å². The molecule has 2 amide bonds. The number of aliphatic hydroxyl groups is 1. The van der Waals surface area contributed by atoms with E-state index in [0.29, 0.717) is 22.7 Å². The summed E-state index contributed by atoms with van der Waals surface area (Å²) in [5, 5.41) is 17.8. The van der Waals surface area contributed by atoms with Crippen LogP contribution < -0.4 is 15.4 Å². The third-order valence-corrected chi connectivity index (χ3v) is 8.63. The van der Waals surface area contributed by atoms with Crippen molar-refractivity contribution in [2.45, 2.75) is 59.2 Å². The van der Waals surface area contributed by atoms with Crippen molar-refractivity contribution in [3.8, 4) is 5.75 Å². The number of carbonyl (C=O) groups is 3. The van der Waals surface area contributed by atoms with E-state index in [1.54, 1.807) is 18.2 Å². The molecule has 1 fully saturated rings. The van der Waals surface area contributed by atoms with Crippen molar-refractivity contribution >= 4 is 29.0 Å². The summed E-state index contributed by atoms with van der Waals surface area (Å²) in [7, 11) is 0. The monoisotopic (exact) mass is 604 g/mol. The number of carbonyl (C=O) groups excluding carboxylic acids is 3. The zero-order chi connectivity index (χ0) is 32.3.